The molecule has 0 radical (unpaired) electrons. The Hall–Kier alpha value is -1.78. The van der Waals surface area contributed by atoms with E-state index in [2.05, 4.69) is 0 Å². The third-order valence-corrected chi connectivity index (χ3v) is 1.35. The van der Waals surface area contributed by atoms with Crippen molar-refractivity contribution in [2.45, 2.75) is 6.92 Å². The first-order chi connectivity index (χ1) is 6.11. The van der Waals surface area contributed by atoms with Crippen LogP contribution in [0, 0.1) is 6.92 Å². The van der Waals surface area contributed by atoms with Crippen molar-refractivity contribution in [1.82, 2.24) is 0 Å². The smallest absolute Gasteiger partial charge is 0.341 e. The summed E-state index contributed by atoms with van der Waals surface area (Å²) in [6.07, 6.45) is 1.23. The minimum absolute atomic E-state index is 0.0510. The lowest BCUT2D eigenvalue weighted by molar-refractivity contribution is -0.139. The normalized spacial score (nSPS) is 9.62. The lowest BCUT2D eigenvalue weighted by Gasteiger charge is -2.02. The predicted molar refractivity (Wildman–Crippen MR) is 42.8 cm³/mol. The number of carbonyl (C=O) groups is 1. The standard InChI is InChI=1S/C8H8O5/c1-5-8(13-4-7(10)11)6(9)2-3-12-5/h2-3H,4H2,1H3,(H,10,11). The highest BCUT2D eigenvalue weighted by Gasteiger charge is 2.07. The summed E-state index contributed by atoms with van der Waals surface area (Å²) >= 11 is 0. The van der Waals surface area contributed by atoms with Gasteiger partial charge in [0.2, 0.25) is 11.2 Å². The summed E-state index contributed by atoms with van der Waals surface area (Å²) in [5.41, 5.74) is -0.384. The van der Waals surface area contributed by atoms with Gasteiger partial charge in [0.15, 0.2) is 6.61 Å². The maximum atomic E-state index is 11.1. The Labute approximate surface area is 73.6 Å². The predicted octanol–water partition coefficient (Wildman–Crippen LogP) is 0.412. The quantitative estimate of drug-likeness (QED) is 0.736. The number of aryl methyl sites for hydroxylation is 1. The summed E-state index contributed by atoms with van der Waals surface area (Å²) in [4.78, 5) is 21.2. The Morgan fingerprint density at radius 3 is 2.92 bits per heavy atom. The molecule has 0 aliphatic heterocycles. The van der Waals surface area contributed by atoms with Gasteiger partial charge in [-0.2, -0.15) is 0 Å². The molecule has 1 heterocycles. The van der Waals surface area contributed by atoms with Crippen LogP contribution in [0.5, 0.6) is 5.75 Å². The minimum Gasteiger partial charge on any atom is -0.479 e. The van der Waals surface area contributed by atoms with Crippen molar-refractivity contribution >= 4 is 5.97 Å². The number of ether oxygens (including phenoxy) is 1. The molecule has 0 saturated heterocycles. The van der Waals surface area contributed by atoms with E-state index < -0.39 is 12.6 Å². The van der Waals surface area contributed by atoms with Gasteiger partial charge in [-0.3, -0.25) is 4.79 Å². The first-order valence-corrected chi connectivity index (χ1v) is 3.54. The molecule has 1 N–H and O–H groups in total. The van der Waals surface area contributed by atoms with Crippen LogP contribution < -0.4 is 10.2 Å². The van der Waals surface area contributed by atoms with Crippen LogP contribution >= 0.6 is 0 Å². The summed E-state index contributed by atoms with van der Waals surface area (Å²) < 4.78 is 9.58. The minimum atomic E-state index is -1.14. The topological polar surface area (TPSA) is 76.7 Å². The summed E-state index contributed by atoms with van der Waals surface area (Å²) in [5.74, 6) is -0.915. The molecule has 13 heavy (non-hydrogen) atoms. The summed E-state index contributed by atoms with van der Waals surface area (Å²) in [5, 5.41) is 8.30. The molecule has 1 aromatic rings. The van der Waals surface area contributed by atoms with Gasteiger partial charge in [-0.1, -0.05) is 0 Å². The molecule has 0 bridgehead atoms. The maximum Gasteiger partial charge on any atom is 0.341 e. The van der Waals surface area contributed by atoms with Gasteiger partial charge in [0.25, 0.3) is 0 Å². The van der Waals surface area contributed by atoms with Crippen LogP contribution in [0.4, 0.5) is 0 Å². The Morgan fingerprint density at radius 1 is 1.69 bits per heavy atom. The molecule has 1 rings (SSSR count). The van der Waals surface area contributed by atoms with Gasteiger partial charge in [-0.05, 0) is 6.92 Å². The van der Waals surface area contributed by atoms with Crippen molar-refractivity contribution in [1.29, 1.82) is 0 Å². The third kappa shape index (κ3) is 2.33. The third-order valence-electron chi connectivity index (χ3n) is 1.35. The van der Waals surface area contributed by atoms with Crippen LogP contribution in [0.3, 0.4) is 0 Å². The fraction of sp³-hybridized carbons (Fsp3) is 0.250. The Balaban J connectivity index is 2.87. The highest BCUT2D eigenvalue weighted by molar-refractivity contribution is 5.68. The van der Waals surface area contributed by atoms with E-state index in [0.29, 0.717) is 0 Å². The highest BCUT2D eigenvalue weighted by Crippen LogP contribution is 2.09. The molecular formula is C8H8O5. The van der Waals surface area contributed by atoms with Crippen LogP contribution in [0.2, 0.25) is 0 Å². The number of carboxylic acids is 1. The molecule has 1 aromatic heterocycles. The molecule has 0 amide bonds. The van der Waals surface area contributed by atoms with Crippen molar-refractivity contribution < 1.29 is 19.1 Å². The van der Waals surface area contributed by atoms with E-state index in [1.165, 1.54) is 19.3 Å². The first kappa shape index (κ1) is 9.31. The van der Waals surface area contributed by atoms with Crippen LogP contribution in [-0.4, -0.2) is 17.7 Å². The van der Waals surface area contributed by atoms with Crippen molar-refractivity contribution in [3.05, 3.63) is 28.3 Å². The average molecular weight is 184 g/mol. The number of hydrogen-bond donors (Lipinski definition) is 1. The van der Waals surface area contributed by atoms with Crippen LogP contribution in [-0.2, 0) is 4.79 Å². The molecule has 0 fully saturated rings. The molecule has 0 unspecified atom stereocenters. The largest absolute Gasteiger partial charge is 0.479 e. The molecule has 0 aromatic carbocycles. The molecule has 0 saturated carbocycles. The van der Waals surface area contributed by atoms with Crippen molar-refractivity contribution in [3.63, 3.8) is 0 Å². The Bertz CT molecular complexity index is 365. The van der Waals surface area contributed by atoms with Crippen LogP contribution in [0.25, 0.3) is 0 Å². The average Bonchev–Trinajstić information content (AvgIpc) is 2.03. The van der Waals surface area contributed by atoms with Gasteiger partial charge in [0.1, 0.15) is 5.76 Å². The van der Waals surface area contributed by atoms with Crippen LogP contribution in [0.15, 0.2) is 21.5 Å². The number of carboxylic acid groups (broad SMARTS) is 1. The van der Waals surface area contributed by atoms with E-state index in [4.69, 9.17) is 14.3 Å². The molecule has 5 heteroatoms. The fourth-order valence-electron chi connectivity index (χ4n) is 0.807. The molecule has 0 aliphatic rings. The summed E-state index contributed by atoms with van der Waals surface area (Å²) in [7, 11) is 0. The van der Waals surface area contributed by atoms with Gasteiger partial charge in [-0.25, -0.2) is 4.79 Å². The molecule has 0 spiro atoms. The van der Waals surface area contributed by atoms with Crippen molar-refractivity contribution in [3.8, 4) is 5.75 Å². The van der Waals surface area contributed by atoms with E-state index in [1.54, 1.807) is 0 Å². The Morgan fingerprint density at radius 2 is 2.38 bits per heavy atom. The Kier molecular flexibility index (Phi) is 2.69. The van der Waals surface area contributed by atoms with Gasteiger partial charge >= 0.3 is 5.97 Å². The molecular weight excluding hydrogens is 176 g/mol. The second-order valence-corrected chi connectivity index (χ2v) is 2.35. The van der Waals surface area contributed by atoms with E-state index in [0.717, 1.165) is 0 Å². The summed E-state index contributed by atoms with van der Waals surface area (Å²) in [6, 6.07) is 1.17. The molecule has 0 atom stereocenters. The number of rotatable bonds is 3. The first-order valence-electron chi connectivity index (χ1n) is 3.54. The van der Waals surface area contributed by atoms with Crippen molar-refractivity contribution in [2.75, 3.05) is 6.61 Å². The van der Waals surface area contributed by atoms with Crippen LogP contribution in [0.1, 0.15) is 5.76 Å². The molecule has 70 valence electrons. The SMILES string of the molecule is Cc1occc(=O)c1OCC(=O)O. The lowest BCUT2D eigenvalue weighted by Crippen LogP contribution is -2.15. The maximum absolute atomic E-state index is 11.1. The lowest BCUT2D eigenvalue weighted by atomic mass is 10.4. The number of aliphatic carboxylic acids is 1. The fourth-order valence-corrected chi connectivity index (χ4v) is 0.807. The summed E-state index contributed by atoms with van der Waals surface area (Å²) in [6.45, 7) is 0.980. The van der Waals surface area contributed by atoms with E-state index in [9.17, 15) is 9.59 Å². The zero-order chi connectivity index (χ0) is 9.84. The molecule has 5 nitrogen and oxygen atoms in total. The zero-order valence-electron chi connectivity index (χ0n) is 6.94. The highest BCUT2D eigenvalue weighted by atomic mass is 16.5. The van der Waals surface area contributed by atoms with Crippen molar-refractivity contribution in [2.24, 2.45) is 0 Å². The monoisotopic (exact) mass is 184 g/mol. The molecule has 0 aliphatic carbocycles. The van der Waals surface area contributed by atoms with Gasteiger partial charge in [0, 0.05) is 6.07 Å². The van der Waals surface area contributed by atoms with Gasteiger partial charge in [0.05, 0.1) is 6.26 Å². The van der Waals surface area contributed by atoms with Gasteiger partial charge < -0.3 is 14.3 Å². The number of hydrogen-bond acceptors (Lipinski definition) is 4. The van der Waals surface area contributed by atoms with Gasteiger partial charge in [-0.15, -0.1) is 0 Å². The zero-order valence-corrected chi connectivity index (χ0v) is 6.94. The van der Waals surface area contributed by atoms with E-state index >= 15 is 0 Å². The van der Waals surface area contributed by atoms with E-state index in [1.807, 2.05) is 0 Å². The van der Waals surface area contributed by atoms with E-state index in [-0.39, 0.29) is 16.9 Å². The second kappa shape index (κ2) is 3.75. The second-order valence-electron chi connectivity index (χ2n) is 2.35.